The van der Waals surface area contributed by atoms with E-state index in [1.165, 1.54) is 0 Å². The summed E-state index contributed by atoms with van der Waals surface area (Å²) in [5.41, 5.74) is 2.00. The van der Waals surface area contributed by atoms with Crippen molar-refractivity contribution in [3.8, 4) is 11.5 Å². The zero-order valence-electron chi connectivity index (χ0n) is 9.09. The standard InChI is InChI=1S/C11H14ClNO3/c1-14-9-6-7(2-5-16-13)10(12)8-3-4-15-11(8)9/h6H,2-5,13H2,1H3. The minimum Gasteiger partial charge on any atom is -0.493 e. The molecule has 4 nitrogen and oxygen atoms in total. The van der Waals surface area contributed by atoms with Crippen LogP contribution in [0.2, 0.25) is 5.02 Å². The first-order valence-electron chi connectivity index (χ1n) is 5.10. The van der Waals surface area contributed by atoms with Crippen LogP contribution in [0.3, 0.4) is 0 Å². The zero-order chi connectivity index (χ0) is 11.5. The highest BCUT2D eigenvalue weighted by Gasteiger charge is 2.23. The number of hydrogen-bond acceptors (Lipinski definition) is 4. The van der Waals surface area contributed by atoms with Gasteiger partial charge in [-0.25, -0.2) is 5.90 Å². The Labute approximate surface area is 99.2 Å². The summed E-state index contributed by atoms with van der Waals surface area (Å²) in [6, 6.07) is 1.88. The maximum Gasteiger partial charge on any atom is 0.165 e. The Morgan fingerprint density at radius 3 is 3.06 bits per heavy atom. The topological polar surface area (TPSA) is 53.7 Å². The third-order valence-electron chi connectivity index (χ3n) is 2.66. The van der Waals surface area contributed by atoms with Crippen LogP contribution in [0, 0.1) is 0 Å². The molecule has 2 N–H and O–H groups in total. The molecule has 16 heavy (non-hydrogen) atoms. The van der Waals surface area contributed by atoms with Crippen LogP contribution in [0.5, 0.6) is 11.5 Å². The first-order chi connectivity index (χ1) is 7.77. The van der Waals surface area contributed by atoms with Crippen LogP contribution in [0.15, 0.2) is 6.07 Å². The van der Waals surface area contributed by atoms with Crippen molar-refractivity contribution in [2.24, 2.45) is 5.90 Å². The molecular formula is C11H14ClNO3. The normalized spacial score (nSPS) is 13.4. The summed E-state index contributed by atoms with van der Waals surface area (Å²) in [6.45, 7) is 1.09. The van der Waals surface area contributed by atoms with Crippen molar-refractivity contribution in [1.29, 1.82) is 0 Å². The van der Waals surface area contributed by atoms with Gasteiger partial charge in [0.2, 0.25) is 0 Å². The zero-order valence-corrected chi connectivity index (χ0v) is 9.84. The fourth-order valence-electron chi connectivity index (χ4n) is 1.87. The molecular weight excluding hydrogens is 230 g/mol. The lowest BCUT2D eigenvalue weighted by Crippen LogP contribution is -2.05. The van der Waals surface area contributed by atoms with Gasteiger partial charge in [0.25, 0.3) is 0 Å². The van der Waals surface area contributed by atoms with Crippen molar-refractivity contribution in [2.45, 2.75) is 12.8 Å². The molecule has 88 valence electrons. The highest BCUT2D eigenvalue weighted by atomic mass is 35.5. The predicted octanol–water partition coefficient (Wildman–Crippen LogP) is 1.72. The summed E-state index contributed by atoms with van der Waals surface area (Å²) in [6.07, 6.45) is 1.49. The van der Waals surface area contributed by atoms with E-state index in [9.17, 15) is 0 Å². The Morgan fingerprint density at radius 1 is 1.56 bits per heavy atom. The number of nitrogens with two attached hydrogens (primary N) is 1. The first kappa shape index (κ1) is 11.5. The largest absolute Gasteiger partial charge is 0.493 e. The van der Waals surface area contributed by atoms with Crippen LogP contribution >= 0.6 is 11.6 Å². The number of fused-ring (bicyclic) bond motifs is 1. The van der Waals surface area contributed by atoms with Crippen molar-refractivity contribution in [3.63, 3.8) is 0 Å². The van der Waals surface area contributed by atoms with Gasteiger partial charge >= 0.3 is 0 Å². The molecule has 0 saturated heterocycles. The molecule has 1 aromatic carbocycles. The van der Waals surface area contributed by atoms with E-state index in [1.807, 2.05) is 6.07 Å². The number of methoxy groups -OCH3 is 1. The Hall–Kier alpha value is -0.970. The number of halogens is 1. The van der Waals surface area contributed by atoms with Gasteiger partial charge in [-0.2, -0.15) is 0 Å². The minimum absolute atomic E-state index is 0.433. The Kier molecular flexibility index (Phi) is 3.53. The lowest BCUT2D eigenvalue weighted by molar-refractivity contribution is 0.141. The Bertz CT molecular complexity index is 395. The highest BCUT2D eigenvalue weighted by molar-refractivity contribution is 6.32. The van der Waals surface area contributed by atoms with Gasteiger partial charge in [0, 0.05) is 12.0 Å². The summed E-state index contributed by atoms with van der Waals surface area (Å²) in [7, 11) is 1.62. The van der Waals surface area contributed by atoms with Crippen molar-refractivity contribution in [3.05, 3.63) is 22.2 Å². The van der Waals surface area contributed by atoms with E-state index >= 15 is 0 Å². The predicted molar refractivity (Wildman–Crippen MR) is 61.0 cm³/mol. The van der Waals surface area contributed by atoms with Crippen LogP contribution in [0.4, 0.5) is 0 Å². The number of ether oxygens (including phenoxy) is 2. The van der Waals surface area contributed by atoms with Crippen LogP contribution < -0.4 is 15.4 Å². The van der Waals surface area contributed by atoms with Gasteiger partial charge in [-0.05, 0) is 18.1 Å². The Morgan fingerprint density at radius 2 is 2.38 bits per heavy atom. The molecule has 0 spiro atoms. The van der Waals surface area contributed by atoms with Crippen LogP contribution in [0.25, 0.3) is 0 Å². The number of benzene rings is 1. The molecule has 1 aliphatic rings. The van der Waals surface area contributed by atoms with E-state index < -0.39 is 0 Å². The van der Waals surface area contributed by atoms with E-state index in [1.54, 1.807) is 7.11 Å². The maximum atomic E-state index is 6.29. The molecule has 0 radical (unpaired) electrons. The monoisotopic (exact) mass is 243 g/mol. The minimum atomic E-state index is 0.433. The van der Waals surface area contributed by atoms with Gasteiger partial charge in [-0.1, -0.05) is 11.6 Å². The second-order valence-electron chi connectivity index (χ2n) is 3.58. The molecule has 0 atom stereocenters. The van der Waals surface area contributed by atoms with Crippen molar-refractivity contribution in [2.75, 3.05) is 20.3 Å². The highest BCUT2D eigenvalue weighted by Crippen LogP contribution is 2.42. The fraction of sp³-hybridized carbons (Fsp3) is 0.455. The van der Waals surface area contributed by atoms with Gasteiger partial charge < -0.3 is 14.3 Å². The average molecular weight is 244 g/mol. The van der Waals surface area contributed by atoms with E-state index in [2.05, 4.69) is 4.84 Å². The van der Waals surface area contributed by atoms with E-state index in [4.69, 9.17) is 27.0 Å². The average Bonchev–Trinajstić information content (AvgIpc) is 2.78. The summed E-state index contributed by atoms with van der Waals surface area (Å²) in [5, 5.41) is 0.741. The van der Waals surface area contributed by atoms with Gasteiger partial charge in [-0.3, -0.25) is 0 Å². The van der Waals surface area contributed by atoms with Crippen LogP contribution in [0.1, 0.15) is 11.1 Å². The number of hydrogen-bond donors (Lipinski definition) is 1. The molecule has 1 heterocycles. The first-order valence-corrected chi connectivity index (χ1v) is 5.48. The molecule has 1 aliphatic heterocycles. The third kappa shape index (κ3) is 1.96. The van der Waals surface area contributed by atoms with Gasteiger partial charge in [0.1, 0.15) is 0 Å². The summed E-state index contributed by atoms with van der Waals surface area (Å²) in [4.78, 5) is 4.56. The summed E-state index contributed by atoms with van der Waals surface area (Å²) < 4.78 is 10.8. The molecule has 0 bridgehead atoms. The smallest absolute Gasteiger partial charge is 0.165 e. The van der Waals surface area contributed by atoms with E-state index in [-0.39, 0.29) is 0 Å². The fourth-order valence-corrected chi connectivity index (χ4v) is 2.20. The van der Waals surface area contributed by atoms with Crippen molar-refractivity contribution < 1.29 is 14.3 Å². The molecule has 0 saturated carbocycles. The molecule has 0 unspecified atom stereocenters. The quantitative estimate of drug-likeness (QED) is 0.818. The molecule has 2 rings (SSSR count). The summed E-state index contributed by atoms with van der Waals surface area (Å²) in [5.74, 6) is 6.51. The molecule has 0 amide bonds. The molecule has 0 fully saturated rings. The molecule has 5 heteroatoms. The van der Waals surface area contributed by atoms with Crippen molar-refractivity contribution >= 4 is 11.6 Å². The Balaban J connectivity index is 2.39. The molecule has 0 aliphatic carbocycles. The number of rotatable bonds is 4. The van der Waals surface area contributed by atoms with Crippen LogP contribution in [-0.2, 0) is 17.7 Å². The van der Waals surface area contributed by atoms with Gasteiger partial charge in [-0.15, -0.1) is 0 Å². The van der Waals surface area contributed by atoms with E-state index in [0.717, 1.165) is 34.1 Å². The SMILES string of the molecule is COc1cc(CCON)c(Cl)c2c1OCC2. The van der Waals surface area contributed by atoms with Crippen molar-refractivity contribution in [1.82, 2.24) is 0 Å². The lowest BCUT2D eigenvalue weighted by atomic mass is 10.1. The molecule has 0 aromatic heterocycles. The maximum absolute atomic E-state index is 6.29. The van der Waals surface area contributed by atoms with E-state index in [0.29, 0.717) is 19.6 Å². The summed E-state index contributed by atoms with van der Waals surface area (Å²) >= 11 is 6.29. The second kappa shape index (κ2) is 4.91. The molecule has 1 aromatic rings. The van der Waals surface area contributed by atoms with Crippen LogP contribution in [-0.4, -0.2) is 20.3 Å². The lowest BCUT2D eigenvalue weighted by Gasteiger charge is -2.12. The third-order valence-corrected chi connectivity index (χ3v) is 3.13. The van der Waals surface area contributed by atoms with Gasteiger partial charge in [0.05, 0.1) is 25.3 Å². The van der Waals surface area contributed by atoms with Gasteiger partial charge in [0.15, 0.2) is 11.5 Å². The second-order valence-corrected chi connectivity index (χ2v) is 3.96.